The third-order valence-electron chi connectivity index (χ3n) is 3.71. The molecule has 0 unspecified atom stereocenters. The number of allylic oxidation sites excluding steroid dienone is 2. The van der Waals surface area contributed by atoms with E-state index in [-0.39, 0.29) is 5.91 Å². The van der Waals surface area contributed by atoms with Crippen LogP contribution in [0.25, 0.3) is 0 Å². The first-order valence-electron chi connectivity index (χ1n) is 6.90. The minimum atomic E-state index is -0.913. The lowest BCUT2D eigenvalue weighted by molar-refractivity contribution is -0.147. The van der Waals surface area contributed by atoms with Gasteiger partial charge in [0.15, 0.2) is 0 Å². The predicted molar refractivity (Wildman–Crippen MR) is 77.8 cm³/mol. The van der Waals surface area contributed by atoms with Gasteiger partial charge >= 0.3 is 5.97 Å². The highest BCUT2D eigenvalue weighted by Crippen LogP contribution is 2.26. The molecule has 1 aromatic carbocycles. The molecule has 1 aliphatic carbocycles. The quantitative estimate of drug-likeness (QED) is 0.813. The number of benzene rings is 1. The summed E-state index contributed by atoms with van der Waals surface area (Å²) in [4.78, 5) is 23.4. The molecule has 0 bridgehead atoms. The monoisotopic (exact) mass is 289 g/mol. The average Bonchev–Trinajstić information content (AvgIpc) is 2.53. The van der Waals surface area contributed by atoms with E-state index < -0.39 is 17.8 Å². The molecule has 2 atom stereocenters. The summed E-state index contributed by atoms with van der Waals surface area (Å²) in [5.74, 6) is -1.49. The van der Waals surface area contributed by atoms with Crippen molar-refractivity contribution in [3.05, 3.63) is 42.0 Å². The maximum Gasteiger partial charge on any atom is 0.307 e. The molecule has 5 heteroatoms. The number of nitrogens with one attached hydrogen (secondary N) is 1. The van der Waals surface area contributed by atoms with Crippen LogP contribution in [0.5, 0.6) is 5.75 Å². The summed E-state index contributed by atoms with van der Waals surface area (Å²) >= 11 is 0. The summed E-state index contributed by atoms with van der Waals surface area (Å²) in [6, 6.07) is 7.39. The Bertz CT molecular complexity index is 536. The molecular formula is C16H19NO4. The fourth-order valence-corrected chi connectivity index (χ4v) is 2.44. The highest BCUT2D eigenvalue weighted by Gasteiger charge is 2.33. The summed E-state index contributed by atoms with van der Waals surface area (Å²) in [5.41, 5.74) is 0.947. The van der Waals surface area contributed by atoms with Gasteiger partial charge in [-0.05, 0) is 30.5 Å². The number of ether oxygens (including phenoxy) is 1. The van der Waals surface area contributed by atoms with Gasteiger partial charge in [0, 0.05) is 6.54 Å². The normalized spacial score (nSPS) is 20.8. The predicted octanol–water partition coefficient (Wildman–Crippen LogP) is 1.98. The third kappa shape index (κ3) is 3.84. The van der Waals surface area contributed by atoms with E-state index in [1.54, 1.807) is 7.11 Å². The fourth-order valence-electron chi connectivity index (χ4n) is 2.44. The van der Waals surface area contributed by atoms with E-state index in [1.165, 1.54) is 0 Å². The molecule has 0 radical (unpaired) electrons. The molecular weight excluding hydrogens is 270 g/mol. The van der Waals surface area contributed by atoms with Crippen molar-refractivity contribution in [3.63, 3.8) is 0 Å². The average molecular weight is 289 g/mol. The van der Waals surface area contributed by atoms with Crippen LogP contribution >= 0.6 is 0 Å². The number of carboxylic acid groups (broad SMARTS) is 1. The summed E-state index contributed by atoms with van der Waals surface area (Å²) in [7, 11) is 1.60. The Morgan fingerprint density at radius 1 is 1.19 bits per heavy atom. The molecule has 0 saturated heterocycles. The van der Waals surface area contributed by atoms with Crippen molar-refractivity contribution in [2.45, 2.75) is 19.4 Å². The van der Waals surface area contributed by atoms with Gasteiger partial charge < -0.3 is 15.2 Å². The molecule has 2 N–H and O–H groups in total. The Morgan fingerprint density at radius 2 is 1.81 bits per heavy atom. The second-order valence-corrected chi connectivity index (χ2v) is 5.06. The van der Waals surface area contributed by atoms with Gasteiger partial charge in [-0.1, -0.05) is 24.3 Å². The Morgan fingerprint density at radius 3 is 2.38 bits per heavy atom. The van der Waals surface area contributed by atoms with Crippen molar-refractivity contribution in [2.24, 2.45) is 11.8 Å². The van der Waals surface area contributed by atoms with Gasteiger partial charge in [-0.2, -0.15) is 0 Å². The number of amides is 1. The lowest BCUT2D eigenvalue weighted by Crippen LogP contribution is -2.38. The van der Waals surface area contributed by atoms with E-state index in [0.29, 0.717) is 19.4 Å². The maximum atomic E-state index is 12.2. The summed E-state index contributed by atoms with van der Waals surface area (Å²) in [5, 5.41) is 12.0. The summed E-state index contributed by atoms with van der Waals surface area (Å²) in [6.07, 6.45) is 4.59. The van der Waals surface area contributed by atoms with Crippen molar-refractivity contribution >= 4 is 11.9 Å². The highest BCUT2D eigenvalue weighted by molar-refractivity contribution is 5.85. The zero-order chi connectivity index (χ0) is 15.2. The van der Waals surface area contributed by atoms with Gasteiger partial charge in [-0.25, -0.2) is 0 Å². The van der Waals surface area contributed by atoms with Crippen LogP contribution in [0.3, 0.4) is 0 Å². The topological polar surface area (TPSA) is 75.6 Å². The van der Waals surface area contributed by atoms with E-state index in [1.807, 2.05) is 36.4 Å². The number of carbonyl (C=O) groups excluding carboxylic acids is 1. The van der Waals surface area contributed by atoms with Crippen molar-refractivity contribution in [3.8, 4) is 5.75 Å². The molecule has 0 aliphatic heterocycles. The number of methoxy groups -OCH3 is 1. The molecule has 0 spiro atoms. The molecule has 1 amide bonds. The number of aliphatic carboxylic acids is 1. The molecule has 0 heterocycles. The molecule has 112 valence electrons. The number of hydrogen-bond acceptors (Lipinski definition) is 3. The SMILES string of the molecule is COc1ccc(CNC(=O)[C@@H]2CC=CC[C@@H]2C(=O)O)cc1. The first kappa shape index (κ1) is 15.1. The van der Waals surface area contributed by atoms with E-state index in [9.17, 15) is 14.7 Å². The van der Waals surface area contributed by atoms with Crippen molar-refractivity contribution in [1.29, 1.82) is 0 Å². The van der Waals surface area contributed by atoms with Crippen molar-refractivity contribution in [2.75, 3.05) is 7.11 Å². The largest absolute Gasteiger partial charge is 0.497 e. The van der Waals surface area contributed by atoms with Gasteiger partial charge in [0.1, 0.15) is 5.75 Å². The number of carbonyl (C=O) groups is 2. The number of rotatable bonds is 5. The van der Waals surface area contributed by atoms with E-state index in [4.69, 9.17) is 4.74 Å². The zero-order valence-electron chi connectivity index (χ0n) is 11.9. The van der Waals surface area contributed by atoms with Crippen LogP contribution in [0, 0.1) is 11.8 Å². The number of carboxylic acids is 1. The van der Waals surface area contributed by atoms with Gasteiger partial charge in [-0.3, -0.25) is 9.59 Å². The van der Waals surface area contributed by atoms with Crippen LogP contribution in [-0.2, 0) is 16.1 Å². The molecule has 1 aromatic rings. The third-order valence-corrected chi connectivity index (χ3v) is 3.71. The summed E-state index contributed by atoms with van der Waals surface area (Å²) in [6.45, 7) is 0.384. The van der Waals surface area contributed by atoms with Crippen molar-refractivity contribution < 1.29 is 19.4 Å². The smallest absolute Gasteiger partial charge is 0.307 e. The van der Waals surface area contributed by atoms with E-state index in [0.717, 1.165) is 11.3 Å². The standard InChI is InChI=1S/C16H19NO4/c1-21-12-8-6-11(7-9-12)10-17-15(18)13-4-2-3-5-14(13)16(19)20/h2-3,6-9,13-14H,4-5,10H2,1H3,(H,17,18)(H,19,20)/t13-,14+/m1/s1. The molecule has 1 aliphatic rings. The van der Waals surface area contributed by atoms with E-state index in [2.05, 4.69) is 5.32 Å². The maximum absolute atomic E-state index is 12.2. The molecule has 0 saturated carbocycles. The fraction of sp³-hybridized carbons (Fsp3) is 0.375. The second-order valence-electron chi connectivity index (χ2n) is 5.06. The lowest BCUT2D eigenvalue weighted by atomic mass is 9.82. The Hall–Kier alpha value is -2.30. The summed E-state index contributed by atoms with van der Waals surface area (Å²) < 4.78 is 5.07. The van der Waals surface area contributed by atoms with Gasteiger partial charge in [-0.15, -0.1) is 0 Å². The van der Waals surface area contributed by atoms with Crippen LogP contribution in [0.15, 0.2) is 36.4 Å². The van der Waals surface area contributed by atoms with Crippen molar-refractivity contribution in [1.82, 2.24) is 5.32 Å². The van der Waals surface area contributed by atoms with Crippen LogP contribution in [0.4, 0.5) is 0 Å². The molecule has 2 rings (SSSR count). The second kappa shape index (κ2) is 6.92. The highest BCUT2D eigenvalue weighted by atomic mass is 16.5. The van der Waals surface area contributed by atoms with Gasteiger partial charge in [0.05, 0.1) is 18.9 Å². The Kier molecular flexibility index (Phi) is 4.98. The minimum absolute atomic E-state index is 0.206. The first-order valence-corrected chi connectivity index (χ1v) is 6.90. The minimum Gasteiger partial charge on any atom is -0.497 e. The van der Waals surface area contributed by atoms with Gasteiger partial charge in [0.25, 0.3) is 0 Å². The Labute approximate surface area is 123 Å². The van der Waals surface area contributed by atoms with E-state index >= 15 is 0 Å². The Balaban J connectivity index is 1.93. The van der Waals surface area contributed by atoms with Crippen LogP contribution in [0.1, 0.15) is 18.4 Å². The van der Waals surface area contributed by atoms with Crippen LogP contribution in [-0.4, -0.2) is 24.1 Å². The lowest BCUT2D eigenvalue weighted by Gasteiger charge is -2.24. The molecule has 21 heavy (non-hydrogen) atoms. The van der Waals surface area contributed by atoms with Gasteiger partial charge in [0.2, 0.25) is 5.91 Å². The molecule has 0 fully saturated rings. The van der Waals surface area contributed by atoms with Crippen LogP contribution in [0.2, 0.25) is 0 Å². The molecule has 5 nitrogen and oxygen atoms in total. The first-order chi connectivity index (χ1) is 10.1. The number of hydrogen-bond donors (Lipinski definition) is 2. The molecule has 0 aromatic heterocycles. The zero-order valence-corrected chi connectivity index (χ0v) is 11.9. The van der Waals surface area contributed by atoms with Crippen LogP contribution < -0.4 is 10.1 Å².